The van der Waals surface area contributed by atoms with Crippen molar-refractivity contribution >= 4 is 52.2 Å². The van der Waals surface area contributed by atoms with Gasteiger partial charge in [0.15, 0.2) is 0 Å². The van der Waals surface area contributed by atoms with Crippen LogP contribution in [0, 0.1) is 6.92 Å². The van der Waals surface area contributed by atoms with E-state index in [1.807, 2.05) is 43.5 Å². The van der Waals surface area contributed by atoms with E-state index in [1.54, 1.807) is 46.0 Å². The second-order valence-electron chi connectivity index (χ2n) is 9.15. The van der Waals surface area contributed by atoms with Crippen LogP contribution in [-0.2, 0) is 0 Å². The molecule has 1 unspecified atom stereocenters. The molecule has 0 radical (unpaired) electrons. The second-order valence-corrected chi connectivity index (χ2v) is 10.8. The molecule has 12 heteroatoms. The van der Waals surface area contributed by atoms with Crippen LogP contribution in [0.15, 0.2) is 54.0 Å². The number of urea groups is 1. The first-order valence-electron chi connectivity index (χ1n) is 12.2. The Labute approximate surface area is 239 Å². The van der Waals surface area contributed by atoms with E-state index in [1.165, 1.54) is 11.3 Å². The molecule has 2 aromatic heterocycles. The predicted molar refractivity (Wildman–Crippen MR) is 154 cm³/mol. The number of hydrogen-bond donors (Lipinski definition) is 1. The summed E-state index contributed by atoms with van der Waals surface area (Å²) in [6.45, 7) is 4.94. The summed E-state index contributed by atoms with van der Waals surface area (Å²) in [5.74, 6) is 0.653. The Morgan fingerprint density at radius 1 is 1.13 bits per heavy atom. The summed E-state index contributed by atoms with van der Waals surface area (Å²) in [5, 5.41) is 10.8. The molecule has 1 fully saturated rings. The first kappa shape index (κ1) is 27.0. The summed E-state index contributed by atoms with van der Waals surface area (Å²) in [6, 6.07) is 12.1. The highest BCUT2D eigenvalue weighted by atomic mass is 35.5. The minimum Gasteiger partial charge on any atom is -0.497 e. The van der Waals surface area contributed by atoms with Crippen molar-refractivity contribution in [2.24, 2.45) is 0 Å². The zero-order valence-electron chi connectivity index (χ0n) is 21.5. The summed E-state index contributed by atoms with van der Waals surface area (Å²) in [5.41, 5.74) is 3.49. The van der Waals surface area contributed by atoms with E-state index in [0.29, 0.717) is 51.8 Å². The number of amides is 3. The van der Waals surface area contributed by atoms with Crippen LogP contribution in [-0.4, -0.2) is 69.3 Å². The average molecular weight is 586 g/mol. The first-order valence-corrected chi connectivity index (χ1v) is 13.9. The van der Waals surface area contributed by atoms with Gasteiger partial charge in [0.05, 0.1) is 41.0 Å². The third kappa shape index (κ3) is 5.59. The molecule has 4 aromatic rings. The quantitative estimate of drug-likeness (QED) is 0.310. The molecule has 2 aromatic carbocycles. The van der Waals surface area contributed by atoms with Crippen molar-refractivity contribution in [1.29, 1.82) is 0 Å². The Morgan fingerprint density at radius 3 is 2.59 bits per heavy atom. The molecule has 0 saturated carbocycles. The maximum Gasteiger partial charge on any atom is 0.322 e. The van der Waals surface area contributed by atoms with Crippen LogP contribution in [0.3, 0.4) is 0 Å². The molecule has 202 valence electrons. The molecule has 1 N–H and O–H groups in total. The van der Waals surface area contributed by atoms with Gasteiger partial charge in [0.1, 0.15) is 5.75 Å². The molecule has 9 nitrogen and oxygen atoms in total. The smallest absolute Gasteiger partial charge is 0.322 e. The van der Waals surface area contributed by atoms with Crippen molar-refractivity contribution in [3.05, 3.63) is 75.3 Å². The summed E-state index contributed by atoms with van der Waals surface area (Å²) in [7, 11) is 1.63. The molecule has 3 amide bonds. The molecule has 39 heavy (non-hydrogen) atoms. The van der Waals surface area contributed by atoms with Gasteiger partial charge in [-0.25, -0.2) is 14.5 Å². The summed E-state index contributed by atoms with van der Waals surface area (Å²) in [6.07, 6.45) is 1.58. The zero-order valence-corrected chi connectivity index (χ0v) is 23.8. The topological polar surface area (TPSA) is 92.6 Å². The van der Waals surface area contributed by atoms with Gasteiger partial charge in [-0.15, -0.1) is 11.3 Å². The highest BCUT2D eigenvalue weighted by Crippen LogP contribution is 2.28. The lowest BCUT2D eigenvalue weighted by Gasteiger charge is -2.39. The van der Waals surface area contributed by atoms with Gasteiger partial charge in [0.25, 0.3) is 5.91 Å². The number of nitrogens with one attached hydrogen (secondary N) is 1. The fourth-order valence-corrected chi connectivity index (χ4v) is 5.76. The molecule has 1 aliphatic heterocycles. The van der Waals surface area contributed by atoms with E-state index in [0.717, 1.165) is 17.0 Å². The molecule has 1 atom stereocenters. The van der Waals surface area contributed by atoms with Crippen molar-refractivity contribution in [3.63, 3.8) is 0 Å². The maximum atomic E-state index is 13.4. The van der Waals surface area contributed by atoms with Crippen molar-refractivity contribution in [1.82, 2.24) is 24.6 Å². The SMILES string of the molecule is COc1ccc(-c2csc(-n3ncc(C(=O)N4CCN(C(=O)Nc5ccc(Cl)cc5Cl)C(C)C4)c3C)n2)cc1. The Kier molecular flexibility index (Phi) is 7.79. The van der Waals surface area contributed by atoms with Crippen LogP contribution in [0.5, 0.6) is 5.75 Å². The minimum atomic E-state index is -0.278. The van der Waals surface area contributed by atoms with E-state index < -0.39 is 0 Å². The van der Waals surface area contributed by atoms with Crippen molar-refractivity contribution < 1.29 is 14.3 Å². The highest BCUT2D eigenvalue weighted by Gasteiger charge is 2.32. The van der Waals surface area contributed by atoms with Gasteiger partial charge in [-0.3, -0.25) is 4.79 Å². The van der Waals surface area contributed by atoms with Gasteiger partial charge >= 0.3 is 6.03 Å². The lowest BCUT2D eigenvalue weighted by atomic mass is 10.1. The van der Waals surface area contributed by atoms with Crippen molar-refractivity contribution in [2.75, 3.05) is 32.1 Å². The fourth-order valence-electron chi connectivity index (χ4n) is 4.46. The summed E-state index contributed by atoms with van der Waals surface area (Å²) < 4.78 is 6.92. The van der Waals surface area contributed by atoms with Gasteiger partial charge in [-0.05, 0) is 56.3 Å². The van der Waals surface area contributed by atoms with Crippen LogP contribution >= 0.6 is 34.5 Å². The molecule has 3 heterocycles. The first-order chi connectivity index (χ1) is 18.7. The lowest BCUT2D eigenvalue weighted by molar-refractivity contribution is 0.0591. The average Bonchev–Trinajstić information content (AvgIpc) is 3.56. The van der Waals surface area contributed by atoms with E-state index in [2.05, 4.69) is 10.4 Å². The number of methoxy groups -OCH3 is 1. The van der Waals surface area contributed by atoms with Gasteiger partial charge in [-0.2, -0.15) is 5.10 Å². The Bertz CT molecular complexity index is 1520. The number of aromatic nitrogens is 3. The maximum absolute atomic E-state index is 13.4. The molecule has 0 spiro atoms. The Hall–Kier alpha value is -3.60. The van der Waals surface area contributed by atoms with Crippen LogP contribution < -0.4 is 10.1 Å². The Balaban J connectivity index is 1.25. The summed E-state index contributed by atoms with van der Waals surface area (Å²) in [4.78, 5) is 34.5. The molecule has 0 bridgehead atoms. The largest absolute Gasteiger partial charge is 0.497 e. The number of benzene rings is 2. The monoisotopic (exact) mass is 584 g/mol. The summed E-state index contributed by atoms with van der Waals surface area (Å²) >= 11 is 13.6. The highest BCUT2D eigenvalue weighted by molar-refractivity contribution is 7.12. The van der Waals surface area contributed by atoms with Gasteiger partial charge < -0.3 is 19.9 Å². The number of thiazole rings is 1. The fraction of sp³-hybridized carbons (Fsp3) is 0.259. The minimum absolute atomic E-state index is 0.127. The van der Waals surface area contributed by atoms with Crippen molar-refractivity contribution in [3.8, 4) is 22.1 Å². The number of anilines is 1. The standard InChI is InChI=1S/C27H26Cl2N6O3S/c1-16-14-33(10-11-34(16)26(37)31-23-9-6-19(28)12-22(23)29)25(36)21-13-30-35(17(21)2)27-32-24(15-39-27)18-4-7-20(38-3)8-5-18/h4-9,12-13,15-16H,10-11,14H2,1-3H3,(H,31,37). The predicted octanol–water partition coefficient (Wildman–Crippen LogP) is 6.00. The number of carbonyl (C=O) groups is 2. The molecule has 0 aliphatic carbocycles. The van der Waals surface area contributed by atoms with E-state index >= 15 is 0 Å². The lowest BCUT2D eigenvalue weighted by Crippen LogP contribution is -2.56. The molecule has 5 rings (SSSR count). The molecular formula is C27H26Cl2N6O3S. The number of halogens is 2. The van der Waals surface area contributed by atoms with E-state index in [-0.39, 0.29) is 18.0 Å². The molecule has 1 aliphatic rings. The van der Waals surface area contributed by atoms with Gasteiger partial charge in [-0.1, -0.05) is 23.2 Å². The van der Waals surface area contributed by atoms with Gasteiger partial charge in [0.2, 0.25) is 5.13 Å². The number of ether oxygens (including phenoxy) is 1. The number of piperazine rings is 1. The zero-order chi connectivity index (χ0) is 27.7. The third-order valence-electron chi connectivity index (χ3n) is 6.65. The molecular weight excluding hydrogens is 559 g/mol. The van der Waals surface area contributed by atoms with E-state index in [9.17, 15) is 9.59 Å². The Morgan fingerprint density at radius 2 is 1.90 bits per heavy atom. The third-order valence-corrected chi connectivity index (χ3v) is 8.01. The second kappa shape index (κ2) is 11.3. The van der Waals surface area contributed by atoms with Crippen molar-refractivity contribution in [2.45, 2.75) is 19.9 Å². The van der Waals surface area contributed by atoms with Crippen LogP contribution in [0.25, 0.3) is 16.4 Å². The number of nitrogens with zero attached hydrogens (tertiary/aromatic N) is 5. The number of hydrogen-bond acceptors (Lipinski definition) is 6. The van der Waals surface area contributed by atoms with Crippen LogP contribution in [0.2, 0.25) is 10.0 Å². The number of carbonyl (C=O) groups excluding carboxylic acids is 2. The van der Waals surface area contributed by atoms with E-state index in [4.69, 9.17) is 32.9 Å². The number of rotatable bonds is 5. The molecule has 1 saturated heterocycles. The van der Waals surface area contributed by atoms with Crippen LogP contribution in [0.1, 0.15) is 23.0 Å². The van der Waals surface area contributed by atoms with Crippen LogP contribution in [0.4, 0.5) is 10.5 Å². The normalized spacial score (nSPS) is 15.4. The van der Waals surface area contributed by atoms with Gasteiger partial charge in [0, 0.05) is 41.6 Å².